The van der Waals surface area contributed by atoms with Crippen molar-refractivity contribution < 1.29 is 14.3 Å². The van der Waals surface area contributed by atoms with E-state index in [9.17, 15) is 14.3 Å². The molecule has 146 valence electrons. The molecule has 0 radical (unpaired) electrons. The summed E-state index contributed by atoms with van der Waals surface area (Å²) in [6, 6.07) is 10.6. The minimum Gasteiger partial charge on any atom is -0.393 e. The number of aliphatic hydroxyl groups excluding tert-OH is 1. The van der Waals surface area contributed by atoms with E-state index in [-0.39, 0.29) is 17.6 Å². The molecule has 0 atom stereocenters. The fraction of sp³-hybridized carbons (Fsp3) is 0.333. The summed E-state index contributed by atoms with van der Waals surface area (Å²) in [6.07, 6.45) is 2.94. The number of amides is 1. The number of halogens is 1. The topological polar surface area (TPSA) is 81.3 Å². The average Bonchev–Trinajstić information content (AvgIpc) is 3.16. The number of aromatic nitrogens is 2. The van der Waals surface area contributed by atoms with Crippen LogP contribution in [0.2, 0.25) is 0 Å². The zero-order valence-corrected chi connectivity index (χ0v) is 15.5. The molecule has 7 heteroatoms. The number of piperidine rings is 1. The summed E-state index contributed by atoms with van der Waals surface area (Å²) in [5.41, 5.74) is 3.36. The number of H-pyrrole nitrogens is 1. The number of rotatable bonds is 5. The maximum Gasteiger partial charge on any atom is 0.253 e. The molecule has 3 aromatic rings. The second kappa shape index (κ2) is 8.08. The number of hydrogen-bond acceptors (Lipinski definition) is 4. The molecule has 1 saturated heterocycles. The Bertz CT molecular complexity index is 962. The maximum absolute atomic E-state index is 13.7. The van der Waals surface area contributed by atoms with Gasteiger partial charge in [0.2, 0.25) is 0 Å². The molecule has 3 N–H and O–H groups in total. The first-order chi connectivity index (χ1) is 13.6. The molecule has 1 aliphatic rings. The van der Waals surface area contributed by atoms with Crippen LogP contribution in [0.1, 0.15) is 34.3 Å². The fourth-order valence-electron chi connectivity index (χ4n) is 3.56. The second-order valence-electron chi connectivity index (χ2n) is 7.26. The van der Waals surface area contributed by atoms with Crippen LogP contribution in [-0.4, -0.2) is 45.1 Å². The molecule has 0 saturated carbocycles. The SMILES string of the molecule is O=C(NCc1ccc(CN2CCC(O)CC2)cc1)c1cc(F)cc2[nH]cnc12. The van der Waals surface area contributed by atoms with Crippen LogP contribution in [0.5, 0.6) is 0 Å². The Morgan fingerprint density at radius 3 is 2.68 bits per heavy atom. The van der Waals surface area contributed by atoms with Gasteiger partial charge >= 0.3 is 0 Å². The van der Waals surface area contributed by atoms with Gasteiger partial charge in [-0.1, -0.05) is 24.3 Å². The summed E-state index contributed by atoms with van der Waals surface area (Å²) < 4.78 is 13.7. The van der Waals surface area contributed by atoms with Crippen molar-refractivity contribution in [2.75, 3.05) is 13.1 Å². The van der Waals surface area contributed by atoms with Gasteiger partial charge in [0.1, 0.15) is 11.3 Å². The highest BCUT2D eigenvalue weighted by Crippen LogP contribution is 2.18. The van der Waals surface area contributed by atoms with Crippen molar-refractivity contribution in [3.05, 3.63) is 65.2 Å². The standard InChI is InChI=1S/C21H23FN4O2/c22-16-9-18(20-19(10-16)24-13-25-20)21(28)23-11-14-1-3-15(4-2-14)12-26-7-5-17(27)6-8-26/h1-4,9-10,13,17,27H,5-8,11-12H2,(H,23,28)(H,24,25). The fourth-order valence-corrected chi connectivity index (χ4v) is 3.56. The third-order valence-electron chi connectivity index (χ3n) is 5.17. The molecule has 28 heavy (non-hydrogen) atoms. The van der Waals surface area contributed by atoms with Gasteiger partial charge in [-0.25, -0.2) is 9.37 Å². The number of carbonyl (C=O) groups excluding carboxylic acids is 1. The second-order valence-corrected chi connectivity index (χ2v) is 7.26. The van der Waals surface area contributed by atoms with Crippen LogP contribution in [0.3, 0.4) is 0 Å². The first-order valence-electron chi connectivity index (χ1n) is 9.47. The van der Waals surface area contributed by atoms with Crippen molar-refractivity contribution in [2.45, 2.75) is 32.0 Å². The molecular weight excluding hydrogens is 359 g/mol. The number of nitrogens with zero attached hydrogens (tertiary/aromatic N) is 2. The van der Waals surface area contributed by atoms with Gasteiger partial charge in [0.05, 0.1) is 23.5 Å². The van der Waals surface area contributed by atoms with Crippen molar-refractivity contribution in [3.8, 4) is 0 Å². The molecule has 0 spiro atoms. The molecule has 2 aromatic carbocycles. The van der Waals surface area contributed by atoms with Crippen LogP contribution in [-0.2, 0) is 13.1 Å². The van der Waals surface area contributed by atoms with Gasteiger partial charge in [0, 0.05) is 26.2 Å². The van der Waals surface area contributed by atoms with Gasteiger partial charge in [0.25, 0.3) is 5.91 Å². The lowest BCUT2D eigenvalue weighted by atomic mass is 10.1. The van der Waals surface area contributed by atoms with Crippen LogP contribution in [0.25, 0.3) is 11.0 Å². The lowest BCUT2D eigenvalue weighted by molar-refractivity contribution is 0.0792. The summed E-state index contributed by atoms with van der Waals surface area (Å²) in [7, 11) is 0. The molecule has 4 rings (SSSR count). The first-order valence-corrected chi connectivity index (χ1v) is 9.47. The molecule has 1 amide bonds. The van der Waals surface area contributed by atoms with Gasteiger partial charge in [-0.05, 0) is 36.1 Å². The maximum atomic E-state index is 13.7. The lowest BCUT2D eigenvalue weighted by Crippen LogP contribution is -2.35. The summed E-state index contributed by atoms with van der Waals surface area (Å²) in [4.78, 5) is 21.7. The molecule has 0 bridgehead atoms. The summed E-state index contributed by atoms with van der Waals surface area (Å²) in [5, 5.41) is 12.4. The number of imidazole rings is 1. The van der Waals surface area contributed by atoms with E-state index < -0.39 is 5.82 Å². The largest absolute Gasteiger partial charge is 0.393 e. The molecule has 1 aliphatic heterocycles. The average molecular weight is 382 g/mol. The minimum absolute atomic E-state index is 0.164. The number of carbonyl (C=O) groups is 1. The van der Waals surface area contributed by atoms with Crippen molar-refractivity contribution in [2.24, 2.45) is 0 Å². The quantitative estimate of drug-likeness (QED) is 0.634. The van der Waals surface area contributed by atoms with E-state index >= 15 is 0 Å². The highest BCUT2D eigenvalue weighted by atomic mass is 19.1. The summed E-state index contributed by atoms with van der Waals surface area (Å²) in [6.45, 7) is 3.04. The Hall–Kier alpha value is -2.77. The number of hydrogen-bond donors (Lipinski definition) is 3. The molecule has 1 fully saturated rings. The van der Waals surface area contributed by atoms with Crippen LogP contribution in [0, 0.1) is 5.82 Å². The van der Waals surface area contributed by atoms with E-state index in [2.05, 4.69) is 32.3 Å². The third-order valence-corrected chi connectivity index (χ3v) is 5.17. The number of aromatic amines is 1. The Kier molecular flexibility index (Phi) is 5.36. The van der Waals surface area contributed by atoms with Gasteiger partial charge in [-0.2, -0.15) is 0 Å². The predicted octanol–water partition coefficient (Wildman–Crippen LogP) is 2.59. The lowest BCUT2D eigenvalue weighted by Gasteiger charge is -2.29. The van der Waals surface area contributed by atoms with Crippen molar-refractivity contribution in [3.63, 3.8) is 0 Å². The molecule has 6 nitrogen and oxygen atoms in total. The normalized spacial score (nSPS) is 15.8. The van der Waals surface area contributed by atoms with E-state index in [1.807, 2.05) is 12.1 Å². The first kappa shape index (κ1) is 18.6. The Labute approximate surface area is 162 Å². The zero-order chi connectivity index (χ0) is 19.5. The molecule has 0 unspecified atom stereocenters. The van der Waals surface area contributed by atoms with Crippen LogP contribution in [0.4, 0.5) is 4.39 Å². The minimum atomic E-state index is -0.475. The Balaban J connectivity index is 1.35. The van der Waals surface area contributed by atoms with Gasteiger partial charge in [-0.15, -0.1) is 0 Å². The monoisotopic (exact) mass is 382 g/mol. The number of nitrogens with one attached hydrogen (secondary N) is 2. The highest BCUT2D eigenvalue weighted by molar-refractivity contribution is 6.04. The smallest absolute Gasteiger partial charge is 0.253 e. The molecule has 1 aromatic heterocycles. The van der Waals surface area contributed by atoms with Gasteiger partial charge in [0.15, 0.2) is 0 Å². The Morgan fingerprint density at radius 1 is 1.21 bits per heavy atom. The molecule has 2 heterocycles. The van der Waals surface area contributed by atoms with E-state index in [0.29, 0.717) is 17.6 Å². The van der Waals surface area contributed by atoms with Crippen LogP contribution in [0.15, 0.2) is 42.7 Å². The molecular formula is C21H23FN4O2. The number of likely N-dealkylation sites (tertiary alicyclic amines) is 1. The Morgan fingerprint density at radius 2 is 1.93 bits per heavy atom. The van der Waals surface area contributed by atoms with Crippen LogP contribution >= 0.6 is 0 Å². The van der Waals surface area contributed by atoms with Gasteiger partial charge in [-0.3, -0.25) is 9.69 Å². The third kappa shape index (κ3) is 4.21. The van der Waals surface area contributed by atoms with Gasteiger partial charge < -0.3 is 15.4 Å². The van der Waals surface area contributed by atoms with Crippen LogP contribution < -0.4 is 5.32 Å². The van der Waals surface area contributed by atoms with E-state index in [1.165, 1.54) is 24.0 Å². The number of aliphatic hydroxyl groups is 1. The van der Waals surface area contributed by atoms with E-state index in [4.69, 9.17) is 0 Å². The summed E-state index contributed by atoms with van der Waals surface area (Å²) >= 11 is 0. The zero-order valence-electron chi connectivity index (χ0n) is 15.5. The number of fused-ring (bicyclic) bond motifs is 1. The molecule has 0 aliphatic carbocycles. The summed E-state index contributed by atoms with van der Waals surface area (Å²) in [5.74, 6) is -0.830. The van der Waals surface area contributed by atoms with E-state index in [1.54, 1.807) is 0 Å². The number of benzene rings is 2. The van der Waals surface area contributed by atoms with Crippen molar-refractivity contribution in [1.82, 2.24) is 20.2 Å². The highest BCUT2D eigenvalue weighted by Gasteiger charge is 2.17. The van der Waals surface area contributed by atoms with Crippen molar-refractivity contribution >= 4 is 16.9 Å². The predicted molar refractivity (Wildman–Crippen MR) is 104 cm³/mol. The van der Waals surface area contributed by atoms with Crippen molar-refractivity contribution in [1.29, 1.82) is 0 Å². The van der Waals surface area contributed by atoms with E-state index in [0.717, 1.165) is 38.0 Å².